The number of nitrogens with one attached hydrogen (secondary N) is 3. The molecule has 0 atom stereocenters. The fourth-order valence-electron chi connectivity index (χ4n) is 1.79. The Morgan fingerprint density at radius 3 is 2.46 bits per heavy atom. The SMILES string of the molecule is CCNC(=NCc1ccccc1Cl)NCCNC(=O)OC(C)(C)C. The van der Waals surface area contributed by atoms with Crippen molar-refractivity contribution in [1.29, 1.82) is 0 Å². The number of amides is 1. The second-order valence-electron chi connectivity index (χ2n) is 6.14. The summed E-state index contributed by atoms with van der Waals surface area (Å²) in [4.78, 5) is 16.0. The fourth-order valence-corrected chi connectivity index (χ4v) is 1.99. The van der Waals surface area contributed by atoms with Gasteiger partial charge in [-0.2, -0.15) is 0 Å². The van der Waals surface area contributed by atoms with Gasteiger partial charge in [0.2, 0.25) is 0 Å². The first-order valence-corrected chi connectivity index (χ1v) is 8.42. The zero-order valence-electron chi connectivity index (χ0n) is 14.8. The highest BCUT2D eigenvalue weighted by Crippen LogP contribution is 2.15. The lowest BCUT2D eigenvalue weighted by Gasteiger charge is -2.19. The first-order valence-electron chi connectivity index (χ1n) is 8.04. The third-order valence-electron chi connectivity index (χ3n) is 2.80. The molecule has 1 aromatic rings. The standard InChI is InChI=1S/C17H27ClN4O2/c1-5-19-15(22-12-13-8-6-7-9-14(13)18)20-10-11-21-16(23)24-17(2,3)4/h6-9H,5,10-12H2,1-4H3,(H,21,23)(H2,19,20,22). The van der Waals surface area contributed by atoms with Gasteiger partial charge >= 0.3 is 6.09 Å². The number of hydrogen-bond donors (Lipinski definition) is 3. The Morgan fingerprint density at radius 1 is 1.17 bits per heavy atom. The molecule has 7 heteroatoms. The normalized spacial score (nSPS) is 11.8. The Balaban J connectivity index is 2.42. The summed E-state index contributed by atoms with van der Waals surface area (Å²) >= 11 is 6.13. The van der Waals surface area contributed by atoms with Crippen LogP contribution in [0.4, 0.5) is 4.79 Å². The minimum atomic E-state index is -0.497. The lowest BCUT2D eigenvalue weighted by atomic mass is 10.2. The van der Waals surface area contributed by atoms with Crippen LogP contribution in [-0.2, 0) is 11.3 Å². The van der Waals surface area contributed by atoms with Gasteiger partial charge in [-0.3, -0.25) is 0 Å². The van der Waals surface area contributed by atoms with Crippen LogP contribution >= 0.6 is 11.6 Å². The highest BCUT2D eigenvalue weighted by molar-refractivity contribution is 6.31. The van der Waals surface area contributed by atoms with Crippen LogP contribution in [0.15, 0.2) is 29.3 Å². The number of halogens is 1. The van der Waals surface area contributed by atoms with Crippen LogP contribution in [0.3, 0.4) is 0 Å². The molecule has 3 N–H and O–H groups in total. The molecule has 0 aliphatic carbocycles. The molecule has 0 fully saturated rings. The van der Waals surface area contributed by atoms with Gasteiger partial charge in [-0.1, -0.05) is 29.8 Å². The summed E-state index contributed by atoms with van der Waals surface area (Å²) in [5.74, 6) is 0.670. The maximum atomic E-state index is 11.6. The van der Waals surface area contributed by atoms with Crippen LogP contribution in [0.2, 0.25) is 5.02 Å². The number of guanidine groups is 1. The summed E-state index contributed by atoms with van der Waals surface area (Å²) in [7, 11) is 0. The van der Waals surface area contributed by atoms with Gasteiger partial charge in [0.05, 0.1) is 6.54 Å². The predicted molar refractivity (Wildman–Crippen MR) is 98.5 cm³/mol. The van der Waals surface area contributed by atoms with Crippen LogP contribution in [0, 0.1) is 0 Å². The predicted octanol–water partition coefficient (Wildman–Crippen LogP) is 2.92. The molecule has 24 heavy (non-hydrogen) atoms. The van der Waals surface area contributed by atoms with E-state index in [0.717, 1.165) is 12.1 Å². The Kier molecular flexibility index (Phi) is 8.40. The number of aliphatic imine (C=N–C) groups is 1. The minimum Gasteiger partial charge on any atom is -0.444 e. The van der Waals surface area contributed by atoms with Crippen molar-refractivity contribution in [3.63, 3.8) is 0 Å². The highest BCUT2D eigenvalue weighted by atomic mass is 35.5. The topological polar surface area (TPSA) is 74.8 Å². The molecule has 0 heterocycles. The lowest BCUT2D eigenvalue weighted by molar-refractivity contribution is 0.0529. The molecular formula is C17H27ClN4O2. The number of carbonyl (C=O) groups is 1. The van der Waals surface area contributed by atoms with Crippen LogP contribution < -0.4 is 16.0 Å². The van der Waals surface area contributed by atoms with Gasteiger partial charge in [-0.15, -0.1) is 0 Å². The Labute approximate surface area is 149 Å². The summed E-state index contributed by atoms with van der Waals surface area (Å²) in [6, 6.07) is 7.61. The Bertz CT molecular complexity index is 556. The summed E-state index contributed by atoms with van der Waals surface area (Å²) in [5.41, 5.74) is 0.464. The third-order valence-corrected chi connectivity index (χ3v) is 3.16. The second kappa shape index (κ2) is 10.0. The van der Waals surface area contributed by atoms with Gasteiger partial charge in [-0.05, 0) is 39.3 Å². The van der Waals surface area contributed by atoms with E-state index in [9.17, 15) is 4.79 Å². The molecule has 0 aliphatic rings. The van der Waals surface area contributed by atoms with E-state index in [1.165, 1.54) is 0 Å². The molecular weight excluding hydrogens is 328 g/mol. The van der Waals surface area contributed by atoms with E-state index in [1.807, 2.05) is 52.0 Å². The van der Waals surface area contributed by atoms with Crippen molar-refractivity contribution in [3.05, 3.63) is 34.9 Å². The molecule has 0 saturated carbocycles. The number of ether oxygens (including phenoxy) is 1. The summed E-state index contributed by atoms with van der Waals surface area (Å²) in [5, 5.41) is 9.69. The van der Waals surface area contributed by atoms with E-state index in [2.05, 4.69) is 20.9 Å². The molecule has 0 aromatic heterocycles. The molecule has 1 rings (SSSR count). The maximum absolute atomic E-state index is 11.6. The van der Waals surface area contributed by atoms with Gasteiger partial charge < -0.3 is 20.7 Å². The van der Waals surface area contributed by atoms with Crippen molar-refractivity contribution >= 4 is 23.7 Å². The average molecular weight is 355 g/mol. The number of nitrogens with zero attached hydrogens (tertiary/aromatic N) is 1. The number of hydrogen-bond acceptors (Lipinski definition) is 3. The maximum Gasteiger partial charge on any atom is 0.407 e. The van der Waals surface area contributed by atoms with Crippen LogP contribution in [0.5, 0.6) is 0 Å². The summed E-state index contributed by atoms with van der Waals surface area (Å²) < 4.78 is 5.17. The van der Waals surface area contributed by atoms with E-state index in [-0.39, 0.29) is 0 Å². The first-order chi connectivity index (χ1) is 11.3. The van der Waals surface area contributed by atoms with Crippen LogP contribution in [0.25, 0.3) is 0 Å². The number of alkyl carbamates (subject to hydrolysis) is 1. The largest absolute Gasteiger partial charge is 0.444 e. The lowest BCUT2D eigenvalue weighted by Crippen LogP contribution is -2.42. The van der Waals surface area contributed by atoms with Crippen molar-refractivity contribution in [2.24, 2.45) is 4.99 Å². The quantitative estimate of drug-likeness (QED) is 0.417. The minimum absolute atomic E-state index is 0.428. The van der Waals surface area contributed by atoms with Gasteiger partial charge in [0, 0.05) is 24.7 Å². The van der Waals surface area contributed by atoms with E-state index in [0.29, 0.717) is 30.6 Å². The highest BCUT2D eigenvalue weighted by Gasteiger charge is 2.15. The number of rotatable bonds is 6. The van der Waals surface area contributed by atoms with Gasteiger partial charge in [0.1, 0.15) is 5.60 Å². The van der Waals surface area contributed by atoms with Crippen molar-refractivity contribution in [2.45, 2.75) is 39.8 Å². The average Bonchev–Trinajstić information content (AvgIpc) is 2.48. The number of benzene rings is 1. The smallest absolute Gasteiger partial charge is 0.407 e. The van der Waals surface area contributed by atoms with Crippen LogP contribution in [-0.4, -0.2) is 37.3 Å². The van der Waals surface area contributed by atoms with E-state index in [4.69, 9.17) is 16.3 Å². The fraction of sp³-hybridized carbons (Fsp3) is 0.529. The second-order valence-corrected chi connectivity index (χ2v) is 6.55. The van der Waals surface area contributed by atoms with Crippen molar-refractivity contribution in [2.75, 3.05) is 19.6 Å². The summed E-state index contributed by atoms with van der Waals surface area (Å²) in [6.45, 7) is 9.67. The molecule has 134 valence electrons. The van der Waals surface area contributed by atoms with Crippen LogP contribution in [0.1, 0.15) is 33.3 Å². The van der Waals surface area contributed by atoms with Crippen molar-refractivity contribution in [1.82, 2.24) is 16.0 Å². The van der Waals surface area contributed by atoms with E-state index in [1.54, 1.807) is 0 Å². The van der Waals surface area contributed by atoms with E-state index < -0.39 is 11.7 Å². The molecule has 1 amide bonds. The molecule has 0 aliphatic heterocycles. The molecule has 6 nitrogen and oxygen atoms in total. The van der Waals surface area contributed by atoms with Crippen molar-refractivity contribution in [3.8, 4) is 0 Å². The monoisotopic (exact) mass is 354 g/mol. The zero-order valence-corrected chi connectivity index (χ0v) is 15.5. The van der Waals surface area contributed by atoms with E-state index >= 15 is 0 Å². The Hall–Kier alpha value is -1.95. The first kappa shape index (κ1) is 20.1. The molecule has 0 radical (unpaired) electrons. The molecule has 0 saturated heterocycles. The molecule has 0 unspecified atom stereocenters. The number of carbonyl (C=O) groups excluding carboxylic acids is 1. The summed E-state index contributed by atoms with van der Waals surface area (Å²) in [6.07, 6.45) is -0.428. The van der Waals surface area contributed by atoms with Crippen molar-refractivity contribution < 1.29 is 9.53 Å². The zero-order chi connectivity index (χ0) is 18.0. The third kappa shape index (κ3) is 8.62. The van der Waals surface area contributed by atoms with Gasteiger partial charge in [0.25, 0.3) is 0 Å². The molecule has 0 bridgehead atoms. The molecule has 0 spiro atoms. The Morgan fingerprint density at radius 2 is 1.83 bits per heavy atom. The van der Waals surface area contributed by atoms with Gasteiger partial charge in [0.15, 0.2) is 5.96 Å². The van der Waals surface area contributed by atoms with Gasteiger partial charge in [-0.25, -0.2) is 9.79 Å². The molecule has 1 aromatic carbocycles.